The Morgan fingerprint density at radius 3 is 2.36 bits per heavy atom. The number of ether oxygens (including phenoxy) is 2. The van der Waals surface area contributed by atoms with Crippen molar-refractivity contribution < 1.29 is 19.1 Å². The molecule has 0 aliphatic carbocycles. The van der Waals surface area contributed by atoms with Gasteiger partial charge in [0.2, 0.25) is 0 Å². The summed E-state index contributed by atoms with van der Waals surface area (Å²) in [6, 6.07) is 9.72. The number of para-hydroxylation sites is 1. The van der Waals surface area contributed by atoms with Crippen molar-refractivity contribution in [3.05, 3.63) is 43.0 Å². The molecular weight excluding hydrogens is 282 g/mol. The number of nitrogens with zero attached hydrogens (tertiary/aromatic N) is 1. The Kier molecular flexibility index (Phi) is 8.42. The van der Waals surface area contributed by atoms with E-state index in [0.717, 1.165) is 18.2 Å². The number of hydrogen-bond donors (Lipinski definition) is 0. The maximum atomic E-state index is 11.4. The van der Waals surface area contributed by atoms with Gasteiger partial charge in [-0.15, -0.1) is 0 Å². The molecular formula is C17H23NO4. The van der Waals surface area contributed by atoms with Crippen molar-refractivity contribution in [2.45, 2.75) is 19.8 Å². The zero-order valence-electron chi connectivity index (χ0n) is 13.0. The second-order valence-corrected chi connectivity index (χ2v) is 4.66. The minimum absolute atomic E-state index is 0.186. The molecule has 22 heavy (non-hydrogen) atoms. The lowest BCUT2D eigenvalue weighted by Gasteiger charge is -2.24. The van der Waals surface area contributed by atoms with Crippen LogP contribution >= 0.6 is 0 Å². The average molecular weight is 305 g/mol. The normalized spacial score (nSPS) is 9.86. The van der Waals surface area contributed by atoms with Crippen molar-refractivity contribution in [1.29, 1.82) is 0 Å². The van der Waals surface area contributed by atoms with Gasteiger partial charge in [-0.1, -0.05) is 31.7 Å². The highest BCUT2D eigenvalue weighted by atomic mass is 16.5. The van der Waals surface area contributed by atoms with Gasteiger partial charge in [0.15, 0.2) is 0 Å². The zero-order valence-corrected chi connectivity index (χ0v) is 13.0. The first kappa shape index (κ1) is 17.8. The van der Waals surface area contributed by atoms with Gasteiger partial charge in [0.1, 0.15) is 13.2 Å². The van der Waals surface area contributed by atoms with E-state index in [9.17, 15) is 9.59 Å². The Labute approximate surface area is 131 Å². The summed E-state index contributed by atoms with van der Waals surface area (Å²) < 4.78 is 10.2. The summed E-state index contributed by atoms with van der Waals surface area (Å²) in [5, 5.41) is 0. The van der Waals surface area contributed by atoms with E-state index in [0.29, 0.717) is 26.1 Å². The lowest BCUT2D eigenvalue weighted by atomic mass is 10.3. The highest BCUT2D eigenvalue weighted by Crippen LogP contribution is 2.12. The molecule has 0 bridgehead atoms. The molecule has 0 radical (unpaired) electrons. The van der Waals surface area contributed by atoms with E-state index in [1.807, 2.05) is 42.2 Å². The van der Waals surface area contributed by atoms with Crippen LogP contribution in [-0.4, -0.2) is 38.2 Å². The SMILES string of the molecule is C=CC(=O)OCCN(CCOC(=O)CCC)c1ccccc1. The molecule has 1 aromatic carbocycles. The zero-order chi connectivity index (χ0) is 16.2. The minimum atomic E-state index is -0.442. The Bertz CT molecular complexity index is 473. The molecule has 0 aliphatic heterocycles. The lowest BCUT2D eigenvalue weighted by Crippen LogP contribution is -2.32. The first-order chi connectivity index (χ1) is 10.7. The molecule has 0 saturated heterocycles. The summed E-state index contributed by atoms with van der Waals surface area (Å²) in [7, 11) is 0. The number of benzene rings is 1. The topological polar surface area (TPSA) is 55.8 Å². The van der Waals surface area contributed by atoms with Crippen molar-refractivity contribution in [3.8, 4) is 0 Å². The quantitative estimate of drug-likeness (QED) is 0.491. The van der Waals surface area contributed by atoms with Crippen molar-refractivity contribution in [2.75, 3.05) is 31.2 Å². The second-order valence-electron chi connectivity index (χ2n) is 4.66. The highest BCUT2D eigenvalue weighted by molar-refractivity contribution is 5.81. The summed E-state index contributed by atoms with van der Waals surface area (Å²) in [6.45, 7) is 6.92. The van der Waals surface area contributed by atoms with Gasteiger partial charge in [0.25, 0.3) is 0 Å². The van der Waals surface area contributed by atoms with Gasteiger partial charge in [-0.3, -0.25) is 4.79 Å². The molecule has 120 valence electrons. The van der Waals surface area contributed by atoms with Gasteiger partial charge in [-0.05, 0) is 18.6 Å². The maximum absolute atomic E-state index is 11.4. The fourth-order valence-electron chi connectivity index (χ4n) is 1.87. The van der Waals surface area contributed by atoms with Gasteiger partial charge >= 0.3 is 11.9 Å². The third-order valence-corrected chi connectivity index (χ3v) is 2.97. The van der Waals surface area contributed by atoms with Crippen LogP contribution in [0.3, 0.4) is 0 Å². The van der Waals surface area contributed by atoms with Gasteiger partial charge in [0, 0.05) is 18.2 Å². The van der Waals surface area contributed by atoms with E-state index in [-0.39, 0.29) is 12.6 Å². The summed E-state index contributed by atoms with van der Waals surface area (Å²) >= 11 is 0. The van der Waals surface area contributed by atoms with Crippen LogP contribution in [0.15, 0.2) is 43.0 Å². The first-order valence-corrected chi connectivity index (χ1v) is 7.42. The third-order valence-electron chi connectivity index (χ3n) is 2.97. The van der Waals surface area contributed by atoms with Gasteiger partial charge in [0.05, 0.1) is 13.1 Å². The molecule has 1 rings (SSSR count). The van der Waals surface area contributed by atoms with E-state index < -0.39 is 5.97 Å². The van der Waals surface area contributed by atoms with Crippen LogP contribution in [0.1, 0.15) is 19.8 Å². The largest absolute Gasteiger partial charge is 0.464 e. The fraction of sp³-hybridized carbons (Fsp3) is 0.412. The Balaban J connectivity index is 2.50. The summed E-state index contributed by atoms with van der Waals surface area (Å²) in [4.78, 5) is 24.5. The number of carbonyl (C=O) groups is 2. The van der Waals surface area contributed by atoms with E-state index in [4.69, 9.17) is 9.47 Å². The van der Waals surface area contributed by atoms with E-state index in [2.05, 4.69) is 6.58 Å². The molecule has 0 N–H and O–H groups in total. The molecule has 0 saturated carbocycles. The number of esters is 2. The number of rotatable bonds is 10. The predicted octanol–water partition coefficient (Wildman–Crippen LogP) is 2.57. The Hall–Kier alpha value is -2.30. The average Bonchev–Trinajstić information content (AvgIpc) is 2.54. The molecule has 5 heteroatoms. The van der Waals surface area contributed by atoms with E-state index in [1.54, 1.807) is 0 Å². The fourth-order valence-corrected chi connectivity index (χ4v) is 1.87. The van der Waals surface area contributed by atoms with Crippen LogP contribution < -0.4 is 4.90 Å². The molecule has 0 atom stereocenters. The monoisotopic (exact) mass is 305 g/mol. The van der Waals surface area contributed by atoms with Gasteiger partial charge in [-0.2, -0.15) is 0 Å². The van der Waals surface area contributed by atoms with Crippen molar-refractivity contribution in [3.63, 3.8) is 0 Å². The molecule has 1 aromatic rings. The maximum Gasteiger partial charge on any atom is 0.330 e. The second kappa shape index (κ2) is 10.4. The van der Waals surface area contributed by atoms with Crippen LogP contribution in [0.25, 0.3) is 0 Å². The number of hydrogen-bond acceptors (Lipinski definition) is 5. The first-order valence-electron chi connectivity index (χ1n) is 7.42. The van der Waals surface area contributed by atoms with Crippen LogP contribution in [0.4, 0.5) is 5.69 Å². The van der Waals surface area contributed by atoms with Crippen molar-refractivity contribution in [1.82, 2.24) is 0 Å². The van der Waals surface area contributed by atoms with Crippen molar-refractivity contribution >= 4 is 17.6 Å². The summed E-state index contributed by atoms with van der Waals surface area (Å²) in [5.41, 5.74) is 0.990. The van der Waals surface area contributed by atoms with E-state index >= 15 is 0 Å². The Morgan fingerprint density at radius 1 is 1.14 bits per heavy atom. The molecule has 0 fully saturated rings. The van der Waals surface area contributed by atoms with Crippen molar-refractivity contribution in [2.24, 2.45) is 0 Å². The molecule has 5 nitrogen and oxygen atoms in total. The minimum Gasteiger partial charge on any atom is -0.464 e. The van der Waals surface area contributed by atoms with Crippen LogP contribution in [0, 0.1) is 0 Å². The highest BCUT2D eigenvalue weighted by Gasteiger charge is 2.09. The van der Waals surface area contributed by atoms with Gasteiger partial charge in [-0.25, -0.2) is 4.79 Å². The molecule has 0 unspecified atom stereocenters. The summed E-state index contributed by atoms with van der Waals surface area (Å²) in [5.74, 6) is -0.629. The molecule has 0 amide bonds. The van der Waals surface area contributed by atoms with E-state index in [1.165, 1.54) is 0 Å². The molecule has 0 heterocycles. The summed E-state index contributed by atoms with van der Waals surface area (Å²) in [6.07, 6.45) is 2.35. The lowest BCUT2D eigenvalue weighted by molar-refractivity contribution is -0.143. The predicted molar refractivity (Wildman–Crippen MR) is 85.7 cm³/mol. The molecule has 0 aliphatic rings. The molecule has 0 spiro atoms. The number of anilines is 1. The van der Waals surface area contributed by atoms with Crippen LogP contribution in [-0.2, 0) is 19.1 Å². The number of carbonyl (C=O) groups excluding carboxylic acids is 2. The third kappa shape index (κ3) is 6.92. The van der Waals surface area contributed by atoms with Crippen LogP contribution in [0.2, 0.25) is 0 Å². The standard InChI is InChI=1S/C17H23NO4/c1-3-8-17(20)22-14-12-18(11-13-21-16(19)4-2)15-9-6-5-7-10-15/h4-7,9-10H,2-3,8,11-14H2,1H3. The smallest absolute Gasteiger partial charge is 0.330 e. The van der Waals surface area contributed by atoms with Crippen LogP contribution in [0.5, 0.6) is 0 Å². The Morgan fingerprint density at radius 2 is 1.77 bits per heavy atom. The van der Waals surface area contributed by atoms with Gasteiger partial charge < -0.3 is 14.4 Å². The molecule has 0 aromatic heterocycles.